The van der Waals surface area contributed by atoms with Crippen LogP contribution in [0.1, 0.15) is 79.1 Å². The molecule has 4 aliphatic carbocycles. The second-order valence-corrected chi connectivity index (χ2v) is 16.1. The van der Waals surface area contributed by atoms with Crippen LogP contribution in [0.15, 0.2) is 0 Å². The van der Waals surface area contributed by atoms with E-state index in [1.165, 1.54) is 0 Å². The zero-order chi connectivity index (χ0) is 31.8. The summed E-state index contributed by atoms with van der Waals surface area (Å²) in [6.45, 7) is 7.66. The summed E-state index contributed by atoms with van der Waals surface area (Å²) in [5.41, 5.74) is -2.20. The fraction of sp³-hybridized carbons (Fsp3) is 1.00. The van der Waals surface area contributed by atoms with Crippen LogP contribution in [0, 0.1) is 40.4 Å². The van der Waals surface area contributed by atoms with Crippen LogP contribution in [-0.2, 0) is 18.9 Å². The number of hydrogen-bond acceptors (Lipinski definition) is 12. The van der Waals surface area contributed by atoms with Gasteiger partial charge in [0.1, 0.15) is 30.5 Å². The van der Waals surface area contributed by atoms with Gasteiger partial charge < -0.3 is 59.8 Å². The van der Waals surface area contributed by atoms with E-state index in [4.69, 9.17) is 18.9 Å². The van der Waals surface area contributed by atoms with Crippen molar-refractivity contribution in [2.24, 2.45) is 40.4 Å². The molecule has 3 aliphatic heterocycles. The SMILES string of the molecule is CC1C2C(CC3C4CCC5(O)CC(O)C(O)C(O)C5(C)C4CCC32C)OC12CCC(C)(OC1OC(CO)C(O)C(O)C1O)O2. The van der Waals surface area contributed by atoms with Crippen LogP contribution in [0.5, 0.6) is 0 Å². The molecule has 12 heteroatoms. The summed E-state index contributed by atoms with van der Waals surface area (Å²) in [5.74, 6) is -1.29. The third-order valence-corrected chi connectivity index (χ3v) is 14.2. The first-order chi connectivity index (χ1) is 20.5. The van der Waals surface area contributed by atoms with Gasteiger partial charge in [-0.15, -0.1) is 0 Å². The third-order valence-electron chi connectivity index (χ3n) is 14.2. The molecule has 19 unspecified atom stereocenters. The highest BCUT2D eigenvalue weighted by molar-refractivity contribution is 5.20. The molecule has 0 bridgehead atoms. The van der Waals surface area contributed by atoms with Crippen molar-refractivity contribution < 1.29 is 59.8 Å². The van der Waals surface area contributed by atoms with Gasteiger partial charge in [-0.05, 0) is 68.1 Å². The van der Waals surface area contributed by atoms with Crippen LogP contribution in [0.2, 0.25) is 0 Å². The Hall–Kier alpha value is -0.480. The van der Waals surface area contributed by atoms with E-state index in [0.717, 1.165) is 25.7 Å². The van der Waals surface area contributed by atoms with Gasteiger partial charge in [0.05, 0.1) is 30.5 Å². The summed E-state index contributed by atoms with van der Waals surface area (Å²) < 4.78 is 25.2. The normalized spacial score (nSPS) is 63.5. The third kappa shape index (κ3) is 4.13. The van der Waals surface area contributed by atoms with E-state index in [0.29, 0.717) is 25.2 Å². The summed E-state index contributed by atoms with van der Waals surface area (Å²) in [6, 6.07) is 0. The van der Waals surface area contributed by atoms with Crippen molar-refractivity contribution in [2.45, 2.75) is 151 Å². The molecule has 3 heterocycles. The Kier molecular flexibility index (Phi) is 7.48. The smallest absolute Gasteiger partial charge is 0.189 e. The first kappa shape index (κ1) is 32.1. The number of rotatable bonds is 3. The van der Waals surface area contributed by atoms with Crippen LogP contribution in [0.4, 0.5) is 0 Å². The van der Waals surface area contributed by atoms with Crippen LogP contribution < -0.4 is 0 Å². The first-order valence-corrected chi connectivity index (χ1v) is 16.7. The highest BCUT2D eigenvalue weighted by Gasteiger charge is 2.73. The van der Waals surface area contributed by atoms with Crippen molar-refractivity contribution >= 4 is 0 Å². The lowest BCUT2D eigenvalue weighted by Gasteiger charge is -2.66. The largest absolute Gasteiger partial charge is 0.394 e. The number of aliphatic hydroxyl groups is 8. The maximum atomic E-state index is 11.8. The molecule has 44 heavy (non-hydrogen) atoms. The number of hydrogen-bond donors (Lipinski definition) is 8. The Labute approximate surface area is 258 Å². The highest BCUT2D eigenvalue weighted by Crippen LogP contribution is 2.72. The van der Waals surface area contributed by atoms with Crippen LogP contribution >= 0.6 is 0 Å². The summed E-state index contributed by atoms with van der Waals surface area (Å²) in [5, 5.41) is 84.7. The topological polar surface area (TPSA) is 199 Å². The van der Waals surface area contributed by atoms with Crippen LogP contribution in [-0.4, -0.2) is 120 Å². The van der Waals surface area contributed by atoms with Gasteiger partial charge in [0, 0.05) is 30.6 Å². The molecule has 0 aromatic carbocycles. The standard InChI is InChI=1S/C32H52O12/c1-14-21-19(42-32(14)10-9-29(3,44-32)43-27-25(38)24(37)23(36)20(13-33)41-27)11-17-15-5-8-31(40)12-18(34)22(35)26(39)30(31,4)16(15)6-7-28(17,21)2/h14-27,33-40H,5-13H2,1-4H3. The predicted molar refractivity (Wildman–Crippen MR) is 151 cm³/mol. The molecule has 19 atom stereocenters. The van der Waals surface area contributed by atoms with Gasteiger partial charge >= 0.3 is 0 Å². The van der Waals surface area contributed by atoms with Gasteiger partial charge in [-0.25, -0.2) is 0 Å². The van der Waals surface area contributed by atoms with E-state index in [1.54, 1.807) is 6.92 Å². The molecule has 0 radical (unpaired) electrons. The Morgan fingerprint density at radius 3 is 2.27 bits per heavy atom. The quantitative estimate of drug-likeness (QED) is 0.204. The van der Waals surface area contributed by atoms with Crippen molar-refractivity contribution in [1.82, 2.24) is 0 Å². The minimum absolute atomic E-state index is 0.0116. The van der Waals surface area contributed by atoms with Crippen molar-refractivity contribution in [3.8, 4) is 0 Å². The molecule has 7 aliphatic rings. The number of ether oxygens (including phenoxy) is 4. The molecular weight excluding hydrogens is 576 g/mol. The average molecular weight is 629 g/mol. The van der Waals surface area contributed by atoms with Crippen LogP contribution in [0.25, 0.3) is 0 Å². The van der Waals surface area contributed by atoms with E-state index < -0.39 is 78.2 Å². The van der Waals surface area contributed by atoms with Crippen molar-refractivity contribution in [3.63, 3.8) is 0 Å². The molecule has 7 rings (SSSR count). The van der Waals surface area contributed by atoms with Crippen molar-refractivity contribution in [1.29, 1.82) is 0 Å². The molecule has 12 nitrogen and oxygen atoms in total. The molecule has 0 aromatic rings. The van der Waals surface area contributed by atoms with Gasteiger partial charge in [-0.2, -0.15) is 0 Å². The fourth-order valence-electron chi connectivity index (χ4n) is 11.7. The Morgan fingerprint density at radius 1 is 0.841 bits per heavy atom. The maximum absolute atomic E-state index is 11.8. The highest BCUT2D eigenvalue weighted by atomic mass is 16.8. The minimum Gasteiger partial charge on any atom is -0.394 e. The molecule has 1 spiro atoms. The Morgan fingerprint density at radius 2 is 1.57 bits per heavy atom. The van der Waals surface area contributed by atoms with Gasteiger partial charge in [-0.3, -0.25) is 0 Å². The molecule has 252 valence electrons. The van der Waals surface area contributed by atoms with Gasteiger partial charge in [-0.1, -0.05) is 20.8 Å². The summed E-state index contributed by atoms with van der Waals surface area (Å²) in [4.78, 5) is 0. The fourth-order valence-corrected chi connectivity index (χ4v) is 11.7. The second kappa shape index (κ2) is 10.3. The number of fused-ring (bicyclic) bond motifs is 7. The molecule has 8 N–H and O–H groups in total. The lowest BCUT2D eigenvalue weighted by molar-refractivity contribution is -0.388. The molecule has 0 aromatic heterocycles. The zero-order valence-corrected chi connectivity index (χ0v) is 26.2. The van der Waals surface area contributed by atoms with E-state index in [9.17, 15) is 40.9 Å². The monoisotopic (exact) mass is 628 g/mol. The minimum atomic E-state index is -1.54. The average Bonchev–Trinajstić information content (AvgIpc) is 3.56. The number of aliphatic hydroxyl groups excluding tert-OH is 7. The molecule has 7 fully saturated rings. The maximum Gasteiger partial charge on any atom is 0.189 e. The van der Waals surface area contributed by atoms with Gasteiger partial charge in [0.25, 0.3) is 0 Å². The second-order valence-electron chi connectivity index (χ2n) is 16.1. The van der Waals surface area contributed by atoms with Crippen molar-refractivity contribution in [2.75, 3.05) is 6.61 Å². The Bertz CT molecular complexity index is 1120. The lowest BCUT2D eigenvalue weighted by atomic mass is 9.42. The lowest BCUT2D eigenvalue weighted by Crippen LogP contribution is -2.71. The van der Waals surface area contributed by atoms with E-state index >= 15 is 0 Å². The zero-order valence-electron chi connectivity index (χ0n) is 26.2. The Balaban J connectivity index is 1.09. The first-order valence-electron chi connectivity index (χ1n) is 16.7. The molecule has 3 saturated heterocycles. The summed E-state index contributed by atoms with van der Waals surface area (Å²) in [7, 11) is 0. The van der Waals surface area contributed by atoms with E-state index in [2.05, 4.69) is 13.8 Å². The van der Waals surface area contributed by atoms with Crippen molar-refractivity contribution in [3.05, 3.63) is 0 Å². The van der Waals surface area contributed by atoms with Gasteiger partial charge in [0.15, 0.2) is 17.9 Å². The summed E-state index contributed by atoms with van der Waals surface area (Å²) in [6.07, 6.45) is -5.71. The molecular formula is C32H52O12. The molecule has 0 amide bonds. The van der Waals surface area contributed by atoms with Crippen LogP contribution in [0.3, 0.4) is 0 Å². The van der Waals surface area contributed by atoms with E-state index in [1.807, 2.05) is 6.92 Å². The van der Waals surface area contributed by atoms with E-state index in [-0.39, 0.29) is 41.6 Å². The predicted octanol–water partition coefficient (Wildman–Crippen LogP) is -0.253. The molecule has 4 saturated carbocycles. The summed E-state index contributed by atoms with van der Waals surface area (Å²) >= 11 is 0. The van der Waals surface area contributed by atoms with Gasteiger partial charge in [0.2, 0.25) is 0 Å².